The molecule has 1 heterocycles. The van der Waals surface area contributed by atoms with E-state index in [0.29, 0.717) is 6.61 Å². The van der Waals surface area contributed by atoms with Crippen LogP contribution < -0.4 is 0 Å². The molecule has 1 aromatic rings. The standard InChI is InChI=1S/C13H14O3/c1-10(14)16-6-2-3-11-4-5-12-8-15-9-13(12)7-11/h2,4-7H,3,8-9H2,1H3. The summed E-state index contributed by atoms with van der Waals surface area (Å²) in [5.41, 5.74) is 3.73. The van der Waals surface area contributed by atoms with E-state index < -0.39 is 0 Å². The molecule has 1 aliphatic heterocycles. The lowest BCUT2D eigenvalue weighted by molar-refractivity contribution is -0.135. The maximum atomic E-state index is 10.5. The number of esters is 1. The third kappa shape index (κ3) is 2.70. The van der Waals surface area contributed by atoms with Crippen LogP contribution in [0.1, 0.15) is 23.6 Å². The van der Waals surface area contributed by atoms with Crippen LogP contribution in [-0.2, 0) is 33.9 Å². The van der Waals surface area contributed by atoms with E-state index in [-0.39, 0.29) is 5.97 Å². The molecule has 3 heteroatoms. The van der Waals surface area contributed by atoms with Gasteiger partial charge in [0, 0.05) is 6.92 Å². The second-order valence-corrected chi connectivity index (χ2v) is 3.78. The van der Waals surface area contributed by atoms with Gasteiger partial charge in [-0.15, -0.1) is 0 Å². The van der Waals surface area contributed by atoms with Gasteiger partial charge < -0.3 is 9.47 Å². The van der Waals surface area contributed by atoms with Gasteiger partial charge in [0.1, 0.15) is 0 Å². The molecular formula is C13H14O3. The molecule has 0 aromatic heterocycles. The SMILES string of the molecule is CC(=O)OC=CCc1ccc2c(c1)COC2. The molecule has 0 fully saturated rings. The van der Waals surface area contributed by atoms with E-state index in [1.165, 1.54) is 29.9 Å². The van der Waals surface area contributed by atoms with Crippen LogP contribution in [0.3, 0.4) is 0 Å². The Morgan fingerprint density at radius 3 is 3.06 bits per heavy atom. The molecule has 0 amide bonds. The van der Waals surface area contributed by atoms with Crippen LogP contribution in [-0.4, -0.2) is 5.97 Å². The van der Waals surface area contributed by atoms with Crippen molar-refractivity contribution < 1.29 is 14.3 Å². The van der Waals surface area contributed by atoms with Crippen LogP contribution >= 0.6 is 0 Å². The lowest BCUT2D eigenvalue weighted by Gasteiger charge is -2.00. The lowest BCUT2D eigenvalue weighted by Crippen LogP contribution is -1.91. The van der Waals surface area contributed by atoms with Crippen LogP contribution in [0.5, 0.6) is 0 Å². The summed E-state index contributed by atoms with van der Waals surface area (Å²) in [6.45, 7) is 2.81. The summed E-state index contributed by atoms with van der Waals surface area (Å²) in [5.74, 6) is -0.293. The van der Waals surface area contributed by atoms with Crippen LogP contribution in [0.25, 0.3) is 0 Å². The number of carbonyl (C=O) groups excluding carboxylic acids is 1. The zero-order valence-electron chi connectivity index (χ0n) is 9.23. The van der Waals surface area contributed by atoms with Crippen molar-refractivity contribution in [2.24, 2.45) is 0 Å². The molecule has 0 unspecified atom stereocenters. The highest BCUT2D eigenvalue weighted by molar-refractivity contribution is 5.66. The van der Waals surface area contributed by atoms with E-state index in [0.717, 1.165) is 13.0 Å². The quantitative estimate of drug-likeness (QED) is 0.577. The summed E-state index contributed by atoms with van der Waals surface area (Å²) < 4.78 is 10.1. The van der Waals surface area contributed by atoms with E-state index in [9.17, 15) is 4.79 Å². The molecule has 1 aliphatic rings. The first kappa shape index (κ1) is 10.9. The van der Waals surface area contributed by atoms with Crippen molar-refractivity contribution in [2.45, 2.75) is 26.6 Å². The van der Waals surface area contributed by atoms with Crippen molar-refractivity contribution in [2.75, 3.05) is 0 Å². The topological polar surface area (TPSA) is 35.5 Å². The highest BCUT2D eigenvalue weighted by atomic mass is 16.5. The summed E-state index contributed by atoms with van der Waals surface area (Å²) in [7, 11) is 0. The fourth-order valence-electron chi connectivity index (χ4n) is 1.68. The van der Waals surface area contributed by atoms with Gasteiger partial charge in [-0.05, 0) is 29.2 Å². The van der Waals surface area contributed by atoms with Gasteiger partial charge in [-0.1, -0.05) is 18.2 Å². The molecule has 1 aromatic carbocycles. The first-order chi connectivity index (χ1) is 7.75. The maximum absolute atomic E-state index is 10.5. The second-order valence-electron chi connectivity index (χ2n) is 3.78. The molecule has 0 radical (unpaired) electrons. The van der Waals surface area contributed by atoms with Crippen molar-refractivity contribution in [1.82, 2.24) is 0 Å². The molecule has 3 nitrogen and oxygen atoms in total. The van der Waals surface area contributed by atoms with Crippen LogP contribution in [0.15, 0.2) is 30.5 Å². The monoisotopic (exact) mass is 218 g/mol. The summed E-state index contributed by atoms with van der Waals surface area (Å²) in [6.07, 6.45) is 4.03. The maximum Gasteiger partial charge on any atom is 0.307 e. The number of hydrogen-bond donors (Lipinski definition) is 0. The molecular weight excluding hydrogens is 204 g/mol. The Kier molecular flexibility index (Phi) is 3.37. The summed E-state index contributed by atoms with van der Waals surface area (Å²) in [6, 6.07) is 6.31. The second kappa shape index (κ2) is 4.94. The Bertz CT molecular complexity index is 421. The number of hydrogen-bond acceptors (Lipinski definition) is 3. The largest absolute Gasteiger partial charge is 0.435 e. The lowest BCUT2D eigenvalue weighted by atomic mass is 10.0. The highest BCUT2D eigenvalue weighted by Gasteiger charge is 2.10. The predicted octanol–water partition coefficient (Wildman–Crippen LogP) is 2.34. The normalized spacial score (nSPS) is 14.1. The van der Waals surface area contributed by atoms with Crippen molar-refractivity contribution in [3.63, 3.8) is 0 Å². The van der Waals surface area contributed by atoms with E-state index in [4.69, 9.17) is 9.47 Å². The zero-order valence-corrected chi connectivity index (χ0v) is 9.23. The first-order valence-corrected chi connectivity index (χ1v) is 5.26. The average Bonchev–Trinajstić information content (AvgIpc) is 2.71. The number of rotatable bonds is 3. The van der Waals surface area contributed by atoms with Gasteiger partial charge in [-0.3, -0.25) is 4.79 Å². The molecule has 84 valence electrons. The molecule has 0 spiro atoms. The van der Waals surface area contributed by atoms with Crippen LogP contribution in [0, 0.1) is 0 Å². The third-order valence-electron chi connectivity index (χ3n) is 2.47. The van der Waals surface area contributed by atoms with Gasteiger partial charge in [0.2, 0.25) is 0 Å². The Labute approximate surface area is 94.7 Å². The van der Waals surface area contributed by atoms with Gasteiger partial charge in [0.25, 0.3) is 0 Å². The van der Waals surface area contributed by atoms with Crippen molar-refractivity contribution >= 4 is 5.97 Å². The minimum atomic E-state index is -0.293. The Morgan fingerprint density at radius 1 is 1.44 bits per heavy atom. The summed E-state index contributed by atoms with van der Waals surface area (Å²) >= 11 is 0. The van der Waals surface area contributed by atoms with Gasteiger partial charge in [-0.2, -0.15) is 0 Å². The van der Waals surface area contributed by atoms with Crippen molar-refractivity contribution in [3.05, 3.63) is 47.2 Å². The number of benzene rings is 1. The number of carbonyl (C=O) groups is 1. The molecule has 0 bridgehead atoms. The van der Waals surface area contributed by atoms with E-state index >= 15 is 0 Å². The van der Waals surface area contributed by atoms with Gasteiger partial charge in [0.15, 0.2) is 0 Å². The molecule has 0 saturated heterocycles. The minimum absolute atomic E-state index is 0.293. The molecule has 0 atom stereocenters. The Balaban J connectivity index is 1.95. The highest BCUT2D eigenvalue weighted by Crippen LogP contribution is 2.21. The number of allylic oxidation sites excluding steroid dienone is 1. The third-order valence-corrected chi connectivity index (χ3v) is 2.47. The zero-order chi connectivity index (χ0) is 11.4. The predicted molar refractivity (Wildman–Crippen MR) is 59.5 cm³/mol. The molecule has 16 heavy (non-hydrogen) atoms. The van der Waals surface area contributed by atoms with Crippen molar-refractivity contribution in [3.8, 4) is 0 Å². The van der Waals surface area contributed by atoms with Gasteiger partial charge in [-0.25, -0.2) is 0 Å². The average molecular weight is 218 g/mol. The molecule has 0 saturated carbocycles. The Morgan fingerprint density at radius 2 is 2.25 bits per heavy atom. The molecule has 2 rings (SSSR count). The van der Waals surface area contributed by atoms with Crippen molar-refractivity contribution in [1.29, 1.82) is 0 Å². The van der Waals surface area contributed by atoms with Gasteiger partial charge in [0.05, 0.1) is 19.5 Å². The Hall–Kier alpha value is -1.61. The van der Waals surface area contributed by atoms with E-state index in [1.807, 2.05) is 6.08 Å². The fourth-order valence-corrected chi connectivity index (χ4v) is 1.68. The smallest absolute Gasteiger partial charge is 0.307 e. The fraction of sp³-hybridized carbons (Fsp3) is 0.308. The number of fused-ring (bicyclic) bond motifs is 1. The van der Waals surface area contributed by atoms with E-state index in [2.05, 4.69) is 18.2 Å². The number of ether oxygens (including phenoxy) is 2. The van der Waals surface area contributed by atoms with Crippen LogP contribution in [0.2, 0.25) is 0 Å². The van der Waals surface area contributed by atoms with Gasteiger partial charge >= 0.3 is 5.97 Å². The minimum Gasteiger partial charge on any atom is -0.435 e. The first-order valence-electron chi connectivity index (χ1n) is 5.26. The summed E-state index contributed by atoms with van der Waals surface area (Å²) in [5, 5.41) is 0. The van der Waals surface area contributed by atoms with Crippen LogP contribution in [0.4, 0.5) is 0 Å². The van der Waals surface area contributed by atoms with E-state index in [1.54, 1.807) is 0 Å². The molecule has 0 aliphatic carbocycles. The molecule has 0 N–H and O–H groups in total. The summed E-state index contributed by atoms with van der Waals surface area (Å²) in [4.78, 5) is 10.5.